The average molecular weight is 591 g/mol. The van der Waals surface area contributed by atoms with Crippen LogP contribution in [0.1, 0.15) is 48.2 Å². The summed E-state index contributed by atoms with van der Waals surface area (Å²) in [7, 11) is 1.88. The highest BCUT2D eigenvalue weighted by Crippen LogP contribution is 2.52. The smallest absolute Gasteiger partial charge is 0.271 e. The van der Waals surface area contributed by atoms with Crippen LogP contribution < -0.4 is 10.2 Å². The van der Waals surface area contributed by atoms with Crippen molar-refractivity contribution >= 4 is 28.8 Å². The number of rotatable bonds is 5. The molecule has 1 N–H and O–H groups in total. The summed E-state index contributed by atoms with van der Waals surface area (Å²) in [5, 5.41) is 22.2. The summed E-state index contributed by atoms with van der Waals surface area (Å²) in [6, 6.07) is 8.21. The number of carbonyl (C=O) groups is 1. The van der Waals surface area contributed by atoms with Crippen LogP contribution in [0.2, 0.25) is 5.02 Å². The third kappa shape index (κ3) is 4.24. The SMILES string of the molecule is Cn1cc(-c2cc(-c3cnc(N4[C@@H]5C[C@@H]6C[C@H]4C[C@@](NC(=O)c4ncccc4Cl)(C6)C5)cn3)c3c(C#N)cnn3c2)cn1. The van der Waals surface area contributed by atoms with Crippen LogP contribution >= 0.6 is 11.6 Å². The predicted molar refractivity (Wildman–Crippen MR) is 159 cm³/mol. The summed E-state index contributed by atoms with van der Waals surface area (Å²) in [6.07, 6.45) is 17.2. The standard InChI is InChI=1S/C31H27ClN10O/c1-40-16-21(13-37-40)19-7-24(29-20(11-33)12-38-41(29)17-19)26-14-36-27(15-35-26)42-22-5-18-6-23(42)10-31(8-18,9-22)39-30(43)28-25(32)3-2-4-34-28/h2-4,7,12-18,22-23H,5-6,8-10H2,1H3,(H,39,43)/t18-,22-,23+,31-. The lowest BCUT2D eigenvalue weighted by Gasteiger charge is -2.61. The number of hydrogen-bond acceptors (Lipinski definition) is 8. The minimum Gasteiger partial charge on any atom is -0.349 e. The first-order valence-corrected chi connectivity index (χ1v) is 14.7. The Bertz CT molecular complexity index is 1920. The van der Waals surface area contributed by atoms with Gasteiger partial charge in [-0.2, -0.15) is 15.5 Å². The minimum atomic E-state index is -0.271. The molecule has 0 aromatic carbocycles. The number of hydrogen-bond donors (Lipinski definition) is 1. The van der Waals surface area contributed by atoms with E-state index in [0.717, 1.165) is 54.6 Å². The molecule has 12 heteroatoms. The van der Waals surface area contributed by atoms with Crippen LogP contribution in [0.3, 0.4) is 0 Å². The number of aryl methyl sites for hydroxylation is 1. The second kappa shape index (κ2) is 9.61. The molecule has 7 heterocycles. The normalized spacial score (nSPS) is 23.9. The summed E-state index contributed by atoms with van der Waals surface area (Å²) in [5.74, 6) is 1.18. The molecule has 2 saturated carbocycles. The maximum Gasteiger partial charge on any atom is 0.271 e. The van der Waals surface area contributed by atoms with Gasteiger partial charge in [-0.3, -0.25) is 14.5 Å². The molecule has 0 spiro atoms. The van der Waals surface area contributed by atoms with Crippen LogP contribution in [-0.4, -0.2) is 57.9 Å². The van der Waals surface area contributed by atoms with Gasteiger partial charge in [-0.05, 0) is 56.2 Å². The molecule has 2 saturated heterocycles. The van der Waals surface area contributed by atoms with E-state index in [-0.39, 0.29) is 29.2 Å². The molecule has 1 amide bonds. The fourth-order valence-electron chi connectivity index (χ4n) is 7.73. The number of halogens is 1. The summed E-state index contributed by atoms with van der Waals surface area (Å²) >= 11 is 6.28. The Morgan fingerprint density at radius 2 is 1.88 bits per heavy atom. The predicted octanol–water partition coefficient (Wildman–Crippen LogP) is 4.43. The molecule has 0 unspecified atom stereocenters. The van der Waals surface area contributed by atoms with Gasteiger partial charge in [0.05, 0.1) is 46.6 Å². The summed E-state index contributed by atoms with van der Waals surface area (Å²) in [4.78, 5) is 29.6. The van der Waals surface area contributed by atoms with Crippen molar-refractivity contribution in [3.63, 3.8) is 0 Å². The Hall–Kier alpha value is -4.82. The Morgan fingerprint density at radius 3 is 2.58 bits per heavy atom. The third-order valence-corrected chi connectivity index (χ3v) is 9.54. The fraction of sp³-hybridized carbons (Fsp3) is 0.323. The van der Waals surface area contributed by atoms with Crippen LogP contribution in [0.15, 0.2) is 61.6 Å². The zero-order valence-electron chi connectivity index (χ0n) is 23.4. The quantitative estimate of drug-likeness (QED) is 0.318. The molecule has 5 aromatic rings. The third-order valence-electron chi connectivity index (χ3n) is 9.23. The molecule has 0 radical (unpaired) electrons. The lowest BCUT2D eigenvalue weighted by Crippen LogP contribution is -2.69. The number of carbonyl (C=O) groups excluding carboxylic acids is 1. The van der Waals surface area contributed by atoms with Crippen molar-refractivity contribution in [2.45, 2.75) is 49.7 Å². The van der Waals surface area contributed by atoms with Crippen molar-refractivity contribution in [2.24, 2.45) is 13.0 Å². The zero-order chi connectivity index (χ0) is 29.3. The van der Waals surface area contributed by atoms with E-state index in [0.29, 0.717) is 27.7 Å². The van der Waals surface area contributed by atoms with Gasteiger partial charge in [0.2, 0.25) is 0 Å². The lowest BCUT2D eigenvalue weighted by molar-refractivity contribution is 0.0356. The molecule has 4 aliphatic rings. The number of aromatic nitrogens is 7. The maximum atomic E-state index is 13.2. The number of nitriles is 1. The Balaban J connectivity index is 1.09. The minimum absolute atomic E-state index is 0.209. The van der Waals surface area contributed by atoms with Crippen molar-refractivity contribution in [1.82, 2.24) is 39.7 Å². The van der Waals surface area contributed by atoms with Crippen LogP contribution in [0.4, 0.5) is 5.82 Å². The van der Waals surface area contributed by atoms with Gasteiger partial charge in [0.1, 0.15) is 17.6 Å². The molecule has 4 bridgehead atoms. The number of amides is 1. The summed E-state index contributed by atoms with van der Waals surface area (Å²) in [5.41, 5.74) is 4.47. The van der Waals surface area contributed by atoms with Crippen molar-refractivity contribution in [2.75, 3.05) is 4.90 Å². The van der Waals surface area contributed by atoms with Gasteiger partial charge < -0.3 is 10.2 Å². The Kier molecular flexibility index (Phi) is 5.78. The first kappa shape index (κ1) is 25.9. The molecule has 43 heavy (non-hydrogen) atoms. The van der Waals surface area contributed by atoms with Gasteiger partial charge in [0.25, 0.3) is 5.91 Å². The number of anilines is 1. The molecular weight excluding hydrogens is 564 g/mol. The Morgan fingerprint density at radius 1 is 1.05 bits per heavy atom. The summed E-state index contributed by atoms with van der Waals surface area (Å²) < 4.78 is 3.47. The first-order valence-electron chi connectivity index (χ1n) is 14.3. The van der Waals surface area contributed by atoms with E-state index < -0.39 is 0 Å². The fourth-order valence-corrected chi connectivity index (χ4v) is 7.93. The van der Waals surface area contributed by atoms with E-state index in [9.17, 15) is 10.1 Å². The van der Waals surface area contributed by atoms with Gasteiger partial charge in [-0.15, -0.1) is 0 Å². The topological polar surface area (TPSA) is 130 Å². The maximum absolute atomic E-state index is 13.2. The first-order chi connectivity index (χ1) is 20.9. The van der Waals surface area contributed by atoms with E-state index in [1.165, 1.54) is 0 Å². The van der Waals surface area contributed by atoms with Gasteiger partial charge >= 0.3 is 0 Å². The molecule has 214 valence electrons. The molecule has 2 aliphatic heterocycles. The van der Waals surface area contributed by atoms with E-state index in [4.69, 9.17) is 21.6 Å². The summed E-state index contributed by atoms with van der Waals surface area (Å²) in [6.45, 7) is 0. The van der Waals surface area contributed by atoms with Gasteiger partial charge in [-0.25, -0.2) is 14.5 Å². The van der Waals surface area contributed by atoms with Gasteiger partial charge in [0, 0.05) is 60.0 Å². The molecule has 5 aromatic heterocycles. The molecule has 4 atom stereocenters. The molecular formula is C31H27ClN10O. The van der Waals surface area contributed by atoms with E-state index in [1.54, 1.807) is 46.1 Å². The average Bonchev–Trinajstić information content (AvgIpc) is 3.62. The molecule has 11 nitrogen and oxygen atoms in total. The van der Waals surface area contributed by atoms with Crippen LogP contribution in [-0.2, 0) is 7.05 Å². The van der Waals surface area contributed by atoms with Crippen LogP contribution in [0, 0.1) is 17.2 Å². The highest BCUT2D eigenvalue weighted by Gasteiger charge is 2.55. The van der Waals surface area contributed by atoms with E-state index in [1.807, 2.05) is 31.7 Å². The number of piperidine rings is 2. The monoisotopic (exact) mass is 590 g/mol. The highest BCUT2D eigenvalue weighted by atomic mass is 35.5. The van der Waals surface area contributed by atoms with E-state index in [2.05, 4.69) is 31.5 Å². The second-order valence-corrected chi connectivity index (χ2v) is 12.4. The number of nitrogens with one attached hydrogen (secondary N) is 1. The zero-order valence-corrected chi connectivity index (χ0v) is 24.1. The van der Waals surface area contributed by atoms with Gasteiger partial charge in [-0.1, -0.05) is 11.6 Å². The molecule has 2 aliphatic carbocycles. The van der Waals surface area contributed by atoms with Crippen molar-refractivity contribution in [3.8, 4) is 28.5 Å². The number of nitrogens with zero attached hydrogens (tertiary/aromatic N) is 9. The number of pyridine rings is 2. The highest BCUT2D eigenvalue weighted by molar-refractivity contribution is 6.33. The van der Waals surface area contributed by atoms with Crippen LogP contribution in [0.25, 0.3) is 27.9 Å². The van der Waals surface area contributed by atoms with Crippen molar-refractivity contribution in [1.29, 1.82) is 5.26 Å². The van der Waals surface area contributed by atoms with E-state index >= 15 is 0 Å². The van der Waals surface area contributed by atoms with Gasteiger partial charge in [0.15, 0.2) is 0 Å². The molecule has 4 fully saturated rings. The molecule has 9 rings (SSSR count). The Labute approximate surface area is 252 Å². The van der Waals surface area contributed by atoms with Crippen molar-refractivity contribution in [3.05, 3.63) is 77.9 Å². The largest absolute Gasteiger partial charge is 0.349 e. The lowest BCUT2D eigenvalue weighted by atomic mass is 9.59. The second-order valence-electron chi connectivity index (χ2n) is 12.0. The van der Waals surface area contributed by atoms with Crippen molar-refractivity contribution < 1.29 is 4.79 Å². The number of fused-ring (bicyclic) bond motifs is 1. The van der Waals surface area contributed by atoms with Crippen LogP contribution in [0.5, 0.6) is 0 Å².